The summed E-state index contributed by atoms with van der Waals surface area (Å²) in [5, 5.41) is 5.64. The molecule has 1 aromatic carbocycles. The molecule has 0 spiro atoms. The first kappa shape index (κ1) is 17.2. The summed E-state index contributed by atoms with van der Waals surface area (Å²) < 4.78 is 4.92. The fourth-order valence-electron chi connectivity index (χ4n) is 1.72. The second-order valence-corrected chi connectivity index (χ2v) is 5.29. The van der Waals surface area contributed by atoms with Crippen LogP contribution in [0.2, 0.25) is 0 Å². The van der Waals surface area contributed by atoms with Gasteiger partial charge in [-0.15, -0.1) is 0 Å². The van der Waals surface area contributed by atoms with Crippen molar-refractivity contribution < 1.29 is 14.3 Å². The molecule has 0 aliphatic carbocycles. The first-order chi connectivity index (χ1) is 10.0. The topological polar surface area (TPSA) is 67.4 Å². The third-order valence-corrected chi connectivity index (χ3v) is 2.87. The molecule has 0 fully saturated rings. The predicted octanol–water partition coefficient (Wildman–Crippen LogP) is 1.84. The van der Waals surface area contributed by atoms with Crippen molar-refractivity contribution in [2.45, 2.75) is 20.3 Å². The van der Waals surface area contributed by atoms with Crippen LogP contribution in [0.15, 0.2) is 24.3 Å². The van der Waals surface area contributed by atoms with Gasteiger partial charge in [-0.05, 0) is 30.5 Å². The Kier molecular flexibility index (Phi) is 7.46. The van der Waals surface area contributed by atoms with Gasteiger partial charge in [-0.3, -0.25) is 9.59 Å². The molecule has 21 heavy (non-hydrogen) atoms. The predicted molar refractivity (Wildman–Crippen MR) is 82.4 cm³/mol. The Morgan fingerprint density at radius 1 is 1.14 bits per heavy atom. The number of rotatable bonds is 8. The Balaban J connectivity index is 2.58. The van der Waals surface area contributed by atoms with E-state index in [1.54, 1.807) is 31.4 Å². The maximum absolute atomic E-state index is 12.0. The number of hydrogen-bond donors (Lipinski definition) is 2. The van der Waals surface area contributed by atoms with E-state index in [0.717, 1.165) is 6.42 Å². The number of carbonyl (C=O) groups is 2. The van der Waals surface area contributed by atoms with Crippen LogP contribution in [0, 0.1) is 5.92 Å². The zero-order valence-electron chi connectivity index (χ0n) is 12.9. The highest BCUT2D eigenvalue weighted by Gasteiger charge is 2.10. The highest BCUT2D eigenvalue weighted by Crippen LogP contribution is 2.06. The third-order valence-electron chi connectivity index (χ3n) is 2.87. The first-order valence-corrected chi connectivity index (χ1v) is 7.20. The molecule has 0 heterocycles. The van der Waals surface area contributed by atoms with Crippen LogP contribution in [0.1, 0.15) is 41.0 Å². The zero-order chi connectivity index (χ0) is 15.7. The van der Waals surface area contributed by atoms with E-state index in [2.05, 4.69) is 10.6 Å². The summed E-state index contributed by atoms with van der Waals surface area (Å²) in [4.78, 5) is 23.9. The molecule has 0 bridgehead atoms. The molecule has 0 aliphatic heterocycles. The minimum absolute atomic E-state index is 0.155. The smallest absolute Gasteiger partial charge is 0.251 e. The average Bonchev–Trinajstić information content (AvgIpc) is 2.49. The van der Waals surface area contributed by atoms with E-state index in [1.807, 2.05) is 13.8 Å². The van der Waals surface area contributed by atoms with Crippen molar-refractivity contribution in [1.29, 1.82) is 0 Å². The zero-order valence-corrected chi connectivity index (χ0v) is 12.9. The molecule has 0 saturated heterocycles. The van der Waals surface area contributed by atoms with Crippen LogP contribution < -0.4 is 10.6 Å². The molecule has 5 heteroatoms. The minimum atomic E-state index is -0.176. The minimum Gasteiger partial charge on any atom is -0.385 e. The Morgan fingerprint density at radius 3 is 2.33 bits per heavy atom. The number of hydrogen-bond acceptors (Lipinski definition) is 3. The summed E-state index contributed by atoms with van der Waals surface area (Å²) >= 11 is 0. The lowest BCUT2D eigenvalue weighted by molar-refractivity contribution is 0.0948. The van der Waals surface area contributed by atoms with E-state index in [1.165, 1.54) is 0 Å². The van der Waals surface area contributed by atoms with Gasteiger partial charge in [0.05, 0.1) is 0 Å². The summed E-state index contributed by atoms with van der Waals surface area (Å²) in [5.41, 5.74) is 0.991. The van der Waals surface area contributed by atoms with E-state index in [9.17, 15) is 9.59 Å². The normalized spacial score (nSPS) is 10.5. The second kappa shape index (κ2) is 9.13. The molecule has 1 aromatic rings. The number of carbonyl (C=O) groups excluding carboxylic acids is 2. The Labute approximate surface area is 126 Å². The summed E-state index contributed by atoms with van der Waals surface area (Å²) in [5.74, 6) is 0.0589. The van der Waals surface area contributed by atoms with Crippen LogP contribution in [0.4, 0.5) is 0 Å². The molecule has 0 radical (unpaired) electrons. The lowest BCUT2D eigenvalue weighted by atomic mass is 10.1. The maximum atomic E-state index is 12.0. The van der Waals surface area contributed by atoms with E-state index in [-0.39, 0.29) is 11.8 Å². The standard InChI is InChI=1S/C16H24N2O3/c1-12(2)11-18-16(20)14-7-4-6-13(10-14)15(19)17-8-5-9-21-3/h4,6-7,10,12H,5,8-9,11H2,1-3H3,(H,17,19)(H,18,20). The fourth-order valence-corrected chi connectivity index (χ4v) is 1.72. The summed E-state index contributed by atoms with van der Waals surface area (Å²) in [6.07, 6.45) is 0.761. The summed E-state index contributed by atoms with van der Waals surface area (Å²) in [6.45, 7) is 5.84. The highest BCUT2D eigenvalue weighted by molar-refractivity contribution is 5.99. The van der Waals surface area contributed by atoms with Gasteiger partial charge >= 0.3 is 0 Å². The van der Waals surface area contributed by atoms with Crippen molar-refractivity contribution in [2.24, 2.45) is 5.92 Å². The van der Waals surface area contributed by atoms with Gasteiger partial charge in [0.1, 0.15) is 0 Å². The Hall–Kier alpha value is -1.88. The van der Waals surface area contributed by atoms with Crippen LogP contribution in [0.5, 0.6) is 0 Å². The van der Waals surface area contributed by atoms with E-state index in [4.69, 9.17) is 4.74 Å². The van der Waals surface area contributed by atoms with Gasteiger partial charge in [0.2, 0.25) is 0 Å². The van der Waals surface area contributed by atoms with Crippen molar-refractivity contribution in [2.75, 3.05) is 26.8 Å². The summed E-state index contributed by atoms with van der Waals surface area (Å²) in [7, 11) is 1.63. The molecule has 1 rings (SSSR count). The van der Waals surface area contributed by atoms with Crippen LogP contribution in [0.3, 0.4) is 0 Å². The van der Waals surface area contributed by atoms with Crippen molar-refractivity contribution >= 4 is 11.8 Å². The molecule has 0 aliphatic rings. The van der Waals surface area contributed by atoms with Gasteiger partial charge in [0.25, 0.3) is 11.8 Å². The van der Waals surface area contributed by atoms with Gasteiger partial charge in [0, 0.05) is 37.9 Å². The summed E-state index contributed by atoms with van der Waals surface area (Å²) in [6, 6.07) is 6.73. The number of methoxy groups -OCH3 is 1. The lowest BCUT2D eigenvalue weighted by Gasteiger charge is -2.09. The Bertz CT molecular complexity index is 472. The van der Waals surface area contributed by atoms with Crippen LogP contribution in [-0.2, 0) is 4.74 Å². The monoisotopic (exact) mass is 292 g/mol. The molecule has 0 atom stereocenters. The second-order valence-electron chi connectivity index (χ2n) is 5.29. The van der Waals surface area contributed by atoms with E-state index >= 15 is 0 Å². The van der Waals surface area contributed by atoms with Crippen LogP contribution >= 0.6 is 0 Å². The van der Waals surface area contributed by atoms with Crippen molar-refractivity contribution in [1.82, 2.24) is 10.6 Å². The molecule has 0 saturated carbocycles. The third kappa shape index (κ3) is 6.40. The van der Waals surface area contributed by atoms with Crippen molar-refractivity contribution in [3.8, 4) is 0 Å². The van der Waals surface area contributed by atoms with Gasteiger partial charge in [-0.25, -0.2) is 0 Å². The number of nitrogens with one attached hydrogen (secondary N) is 2. The number of benzene rings is 1. The van der Waals surface area contributed by atoms with Gasteiger partial charge in [0.15, 0.2) is 0 Å². The van der Waals surface area contributed by atoms with Gasteiger partial charge in [-0.1, -0.05) is 19.9 Å². The largest absolute Gasteiger partial charge is 0.385 e. The van der Waals surface area contributed by atoms with Crippen LogP contribution in [0.25, 0.3) is 0 Å². The quantitative estimate of drug-likeness (QED) is 0.718. The van der Waals surface area contributed by atoms with Gasteiger partial charge < -0.3 is 15.4 Å². The molecular weight excluding hydrogens is 268 g/mol. The van der Waals surface area contributed by atoms with Crippen LogP contribution in [-0.4, -0.2) is 38.6 Å². The average molecular weight is 292 g/mol. The molecule has 116 valence electrons. The van der Waals surface area contributed by atoms with Gasteiger partial charge in [-0.2, -0.15) is 0 Å². The first-order valence-electron chi connectivity index (χ1n) is 7.20. The molecule has 2 amide bonds. The molecule has 2 N–H and O–H groups in total. The highest BCUT2D eigenvalue weighted by atomic mass is 16.5. The SMILES string of the molecule is COCCCNC(=O)c1cccc(C(=O)NCC(C)C)c1. The van der Waals surface area contributed by atoms with Crippen molar-refractivity contribution in [3.63, 3.8) is 0 Å². The molecule has 0 aromatic heterocycles. The fraction of sp³-hybridized carbons (Fsp3) is 0.500. The lowest BCUT2D eigenvalue weighted by Crippen LogP contribution is -2.28. The Morgan fingerprint density at radius 2 is 1.76 bits per heavy atom. The maximum Gasteiger partial charge on any atom is 0.251 e. The number of ether oxygens (including phenoxy) is 1. The van der Waals surface area contributed by atoms with E-state index < -0.39 is 0 Å². The molecule has 5 nitrogen and oxygen atoms in total. The molecule has 0 unspecified atom stereocenters. The van der Waals surface area contributed by atoms with E-state index in [0.29, 0.717) is 36.7 Å². The number of amides is 2. The van der Waals surface area contributed by atoms with Crippen molar-refractivity contribution in [3.05, 3.63) is 35.4 Å². The molecular formula is C16H24N2O3.